The molecule has 57 heavy (non-hydrogen) atoms. The van der Waals surface area contributed by atoms with Crippen molar-refractivity contribution in [2.24, 2.45) is 0 Å². The smallest absolute Gasteiger partial charge is 0.434 e. The van der Waals surface area contributed by atoms with E-state index in [0.29, 0.717) is 0 Å². The van der Waals surface area contributed by atoms with Gasteiger partial charge in [-0.05, 0) is 72.5 Å². The number of nitrogens with zero attached hydrogens (tertiary/aromatic N) is 4. The first-order valence-corrected chi connectivity index (χ1v) is 19.1. The molecule has 6 aromatic carbocycles. The Morgan fingerprint density at radius 1 is 0.526 bits per heavy atom. The molecule has 0 saturated carbocycles. The van der Waals surface area contributed by atoms with Crippen LogP contribution in [0.1, 0.15) is 26.3 Å². The fraction of sp³-hybridized carbons (Fsp3) is 0.0769. The van der Waals surface area contributed by atoms with Crippen LogP contribution in [0.25, 0.3) is 94.6 Å². The Morgan fingerprint density at radius 3 is 1.89 bits per heavy atom. The second-order valence-corrected chi connectivity index (χ2v) is 15.4. The summed E-state index contributed by atoms with van der Waals surface area (Å²) in [5.74, 6) is 0.869. The molecule has 5 heteroatoms. The molecule has 0 radical (unpaired) electrons. The van der Waals surface area contributed by atoms with Crippen molar-refractivity contribution in [2.45, 2.75) is 26.2 Å². The first-order chi connectivity index (χ1) is 27.4. The van der Waals surface area contributed by atoms with Crippen molar-refractivity contribution in [3.05, 3.63) is 188 Å². The molecule has 0 fully saturated rings. The third kappa shape index (κ3) is 6.50. The number of para-hydroxylation sites is 1. The van der Waals surface area contributed by atoms with Gasteiger partial charge in [-0.15, -0.1) is 18.2 Å². The topological polar surface area (TPSA) is 44.8 Å². The summed E-state index contributed by atoms with van der Waals surface area (Å²) in [7, 11) is 0. The predicted octanol–water partition coefficient (Wildman–Crippen LogP) is 13.1. The summed E-state index contributed by atoms with van der Waals surface area (Å²) in [5.41, 5.74) is 13.3. The summed E-state index contributed by atoms with van der Waals surface area (Å²) >= 11 is 0. The zero-order chi connectivity index (χ0) is 37.8. The third-order valence-corrected chi connectivity index (χ3v) is 10.8. The Morgan fingerprint density at radius 2 is 1.18 bits per heavy atom. The van der Waals surface area contributed by atoms with E-state index in [1.54, 1.807) is 0 Å². The molecule has 0 N–H and O–H groups in total. The van der Waals surface area contributed by atoms with Crippen molar-refractivity contribution in [1.82, 2.24) is 19.5 Å². The second kappa shape index (κ2) is 14.6. The molecule has 0 spiro atoms. The Labute approximate surface area is 347 Å². The number of fused-ring (bicyclic) bond motifs is 4. The van der Waals surface area contributed by atoms with Gasteiger partial charge >= 0.3 is 21.1 Å². The maximum absolute atomic E-state index is 5.53. The SMILES string of the molecule is CC(C)(C)c1ccc(-c2ccccc2)c(-c2cc(-c3ccccn3)[c-]c(-c3ccc4c5ccccc5n(-c5[n-]c(-c6ccccc6)c6ccccc56)c4n3)c2)c1.[Pt+2]. The van der Waals surface area contributed by atoms with Gasteiger partial charge in [-0.25, -0.2) is 0 Å². The first kappa shape index (κ1) is 36.3. The molecule has 0 bridgehead atoms. The van der Waals surface area contributed by atoms with Crippen LogP contribution in [-0.4, -0.2) is 14.5 Å². The summed E-state index contributed by atoms with van der Waals surface area (Å²) < 4.78 is 2.24. The van der Waals surface area contributed by atoms with Crippen molar-refractivity contribution in [2.75, 3.05) is 0 Å². The van der Waals surface area contributed by atoms with Crippen molar-refractivity contribution in [1.29, 1.82) is 0 Å². The third-order valence-electron chi connectivity index (χ3n) is 10.8. The number of pyridine rings is 2. The van der Waals surface area contributed by atoms with E-state index in [2.05, 4.69) is 177 Å². The molecule has 4 aromatic heterocycles. The molecule has 4 heterocycles. The van der Waals surface area contributed by atoms with E-state index < -0.39 is 0 Å². The summed E-state index contributed by atoms with van der Waals surface area (Å²) in [6.07, 6.45) is 1.84. The van der Waals surface area contributed by atoms with Crippen LogP contribution in [0, 0.1) is 6.07 Å². The Hall–Kier alpha value is -6.35. The van der Waals surface area contributed by atoms with Crippen LogP contribution in [0.5, 0.6) is 0 Å². The van der Waals surface area contributed by atoms with Gasteiger partial charge in [-0.2, -0.15) is 0 Å². The zero-order valence-electron chi connectivity index (χ0n) is 31.8. The number of aromatic nitrogens is 4. The van der Waals surface area contributed by atoms with Gasteiger partial charge in [-0.1, -0.05) is 189 Å². The summed E-state index contributed by atoms with van der Waals surface area (Å²) in [4.78, 5) is 15.7. The minimum Gasteiger partial charge on any atom is -0.434 e. The van der Waals surface area contributed by atoms with Crippen molar-refractivity contribution in [3.63, 3.8) is 0 Å². The fourth-order valence-electron chi connectivity index (χ4n) is 7.94. The van der Waals surface area contributed by atoms with Crippen LogP contribution in [0.4, 0.5) is 0 Å². The van der Waals surface area contributed by atoms with Gasteiger partial charge in [-0.3, -0.25) is 9.97 Å². The molecule has 10 aromatic rings. The molecular weight excluding hydrogens is 876 g/mol. The van der Waals surface area contributed by atoms with E-state index in [1.165, 1.54) is 16.7 Å². The standard InChI is InChI=1S/C52H38N4.Pt/c1-52(2,3)39-25-26-40(34-16-6-4-7-17-34)45(33-39)36-30-37(46-23-14-15-29-53-46)32-38(31-36)47-28-27-44-41-20-12-13-24-48(41)56(50(44)54-47)51-43-22-11-10-21-42(43)49(55-51)35-18-8-5-9-19-35;/h4-31,33H,1-3H3;/q-2;+2. The van der Waals surface area contributed by atoms with E-state index in [4.69, 9.17) is 15.0 Å². The Kier molecular flexibility index (Phi) is 9.31. The maximum Gasteiger partial charge on any atom is 2.00 e. The Balaban J connectivity index is 0.00000422. The monoisotopic (exact) mass is 913 g/mol. The van der Waals surface area contributed by atoms with Gasteiger partial charge in [0.2, 0.25) is 0 Å². The minimum atomic E-state index is -0.0308. The van der Waals surface area contributed by atoms with Crippen molar-refractivity contribution in [3.8, 4) is 61.8 Å². The van der Waals surface area contributed by atoms with Gasteiger partial charge in [0, 0.05) is 23.0 Å². The molecule has 276 valence electrons. The number of hydrogen-bond acceptors (Lipinski definition) is 2. The summed E-state index contributed by atoms with van der Waals surface area (Å²) in [6, 6.07) is 63.6. The average molecular weight is 914 g/mol. The van der Waals surface area contributed by atoms with E-state index in [0.717, 1.165) is 83.4 Å². The van der Waals surface area contributed by atoms with Crippen LogP contribution in [0.2, 0.25) is 0 Å². The van der Waals surface area contributed by atoms with Crippen LogP contribution < -0.4 is 4.98 Å². The van der Waals surface area contributed by atoms with E-state index in [9.17, 15) is 0 Å². The van der Waals surface area contributed by atoms with Crippen LogP contribution in [0.3, 0.4) is 0 Å². The molecule has 4 nitrogen and oxygen atoms in total. The van der Waals surface area contributed by atoms with Crippen LogP contribution in [0.15, 0.2) is 176 Å². The van der Waals surface area contributed by atoms with Crippen molar-refractivity contribution < 1.29 is 21.1 Å². The normalized spacial score (nSPS) is 11.6. The van der Waals surface area contributed by atoms with Gasteiger partial charge < -0.3 is 9.55 Å². The van der Waals surface area contributed by atoms with Crippen LogP contribution >= 0.6 is 0 Å². The molecule has 0 amide bonds. The Bertz CT molecular complexity index is 3050. The van der Waals surface area contributed by atoms with E-state index in [1.807, 2.05) is 30.5 Å². The van der Waals surface area contributed by atoms with Crippen LogP contribution in [-0.2, 0) is 26.5 Å². The average Bonchev–Trinajstić information content (AvgIpc) is 3.79. The van der Waals surface area contributed by atoms with E-state index >= 15 is 0 Å². The molecule has 0 aliphatic carbocycles. The summed E-state index contributed by atoms with van der Waals surface area (Å²) in [6.45, 7) is 6.80. The van der Waals surface area contributed by atoms with Crippen molar-refractivity contribution >= 4 is 32.7 Å². The van der Waals surface area contributed by atoms with Gasteiger partial charge in [0.05, 0.1) is 5.65 Å². The molecule has 0 saturated heterocycles. The second-order valence-electron chi connectivity index (χ2n) is 15.4. The van der Waals surface area contributed by atoms with Gasteiger partial charge in [0.1, 0.15) is 0 Å². The summed E-state index contributed by atoms with van der Waals surface area (Å²) in [5, 5.41) is 4.40. The zero-order valence-corrected chi connectivity index (χ0v) is 34.1. The predicted molar refractivity (Wildman–Crippen MR) is 232 cm³/mol. The maximum atomic E-state index is 5.53. The van der Waals surface area contributed by atoms with E-state index in [-0.39, 0.29) is 26.5 Å². The minimum absolute atomic E-state index is 0. The number of benzene rings is 6. The molecule has 0 aliphatic rings. The molecule has 0 unspecified atom stereocenters. The number of rotatable bonds is 6. The molecule has 0 aliphatic heterocycles. The molecule has 0 atom stereocenters. The molecular formula is C52H38N4Pt. The number of hydrogen-bond donors (Lipinski definition) is 0. The van der Waals surface area contributed by atoms with Gasteiger partial charge in [0.15, 0.2) is 0 Å². The molecule has 10 rings (SSSR count). The quantitative estimate of drug-likeness (QED) is 0.156. The largest absolute Gasteiger partial charge is 2.00 e. The fourth-order valence-corrected chi connectivity index (χ4v) is 7.94. The van der Waals surface area contributed by atoms with Gasteiger partial charge in [0.25, 0.3) is 0 Å². The first-order valence-electron chi connectivity index (χ1n) is 19.1.